The lowest BCUT2D eigenvalue weighted by molar-refractivity contribution is -0.202. The molecule has 0 aromatic rings. The first-order valence-electron chi connectivity index (χ1n) is 17.4. The molecule has 2 aliphatic heterocycles. The van der Waals surface area contributed by atoms with Gasteiger partial charge in [-0.3, -0.25) is 9.36 Å². The number of hydrogen-bond acceptors (Lipinski definition) is 12. The van der Waals surface area contributed by atoms with Gasteiger partial charge in [0, 0.05) is 22.0 Å². The highest BCUT2D eigenvalue weighted by molar-refractivity contribution is 7.54. The summed E-state index contributed by atoms with van der Waals surface area (Å²) in [5, 5.41) is 0. The number of carbonyl (C=O) groups is 3. The molecule has 0 aromatic heterocycles. The molecule has 0 radical (unpaired) electrons. The molecule has 13 heteroatoms. The first-order valence-corrected chi connectivity index (χ1v) is 19.1. The van der Waals surface area contributed by atoms with Crippen LogP contribution in [-0.4, -0.2) is 89.8 Å². The third kappa shape index (κ3) is 21.4. The van der Waals surface area contributed by atoms with Gasteiger partial charge in [0.25, 0.3) is 0 Å². The Labute approximate surface area is 306 Å². The average molecular weight is 743 g/mol. The molecule has 2 saturated heterocycles. The van der Waals surface area contributed by atoms with Gasteiger partial charge in [-0.15, -0.1) is 0 Å². The number of aldehydes is 1. The second-order valence-corrected chi connectivity index (χ2v) is 15.5. The third-order valence-electron chi connectivity index (χ3n) is 6.86. The van der Waals surface area contributed by atoms with Gasteiger partial charge >= 0.3 is 19.5 Å². The maximum absolute atomic E-state index is 12.1. The van der Waals surface area contributed by atoms with Crippen molar-refractivity contribution in [1.82, 2.24) is 0 Å². The van der Waals surface area contributed by atoms with E-state index < -0.39 is 13.6 Å². The SMILES string of the molecule is C/C(=C\C=O)C1OCC(C)(C)CO1.CCOC(=O)/C(C)=C/C=C/C=C(\C)C1OCC(C)(C)CO1.CCOC(=O)/C(C)=C/CP(=O)(OCC)OCC. The summed E-state index contributed by atoms with van der Waals surface area (Å²) < 4.78 is 54.3. The summed E-state index contributed by atoms with van der Waals surface area (Å²) in [4.78, 5) is 32.9. The molecule has 2 rings (SSSR count). The van der Waals surface area contributed by atoms with Crippen LogP contribution in [0.5, 0.6) is 0 Å². The standard InChI is InChI=1S/C17H26O4.C11H21O5P.C10H16O3/c1-6-19-15(18)13(2)9-7-8-10-14(3)16-20-11-17(4,5)12-21-16;1-5-14-11(12)10(4)8-9-17(13,15-6-2)16-7-3;1-8(4-5-11)9-12-6-10(2,3)7-13-9/h7-10,16H,6,11-12H2,1-5H3;8H,5-7,9H2,1-4H3;4-5,9H,6-7H2,1-3H3/b8-7+,13-9+,14-10+;10-8+;8-4+. The van der Waals surface area contributed by atoms with Crippen LogP contribution in [0.25, 0.3) is 0 Å². The molecule has 0 saturated carbocycles. The summed E-state index contributed by atoms with van der Waals surface area (Å²) in [6, 6.07) is 0. The van der Waals surface area contributed by atoms with E-state index in [1.807, 2.05) is 32.1 Å². The molecule has 51 heavy (non-hydrogen) atoms. The quantitative estimate of drug-likeness (QED) is 0.0534. The van der Waals surface area contributed by atoms with Crippen molar-refractivity contribution in [2.24, 2.45) is 10.8 Å². The Morgan fingerprint density at radius 3 is 1.43 bits per heavy atom. The zero-order valence-electron chi connectivity index (χ0n) is 32.9. The number of carbonyl (C=O) groups excluding carboxylic acids is 3. The smallest absolute Gasteiger partial charge is 0.334 e. The summed E-state index contributed by atoms with van der Waals surface area (Å²) in [5.41, 5.74) is 2.97. The highest BCUT2D eigenvalue weighted by Gasteiger charge is 2.30. The van der Waals surface area contributed by atoms with Crippen LogP contribution in [-0.2, 0) is 56.4 Å². The summed E-state index contributed by atoms with van der Waals surface area (Å²) >= 11 is 0. The lowest BCUT2D eigenvalue weighted by Crippen LogP contribution is -2.38. The molecule has 2 heterocycles. The number of esters is 2. The Morgan fingerprint density at radius 1 is 0.647 bits per heavy atom. The van der Waals surface area contributed by atoms with Crippen LogP contribution in [0.4, 0.5) is 0 Å². The first-order chi connectivity index (χ1) is 23.9. The Bertz CT molecular complexity index is 1250. The minimum Gasteiger partial charge on any atom is -0.463 e. The van der Waals surface area contributed by atoms with Crippen molar-refractivity contribution >= 4 is 25.8 Å². The molecule has 2 aliphatic rings. The molecule has 292 valence electrons. The topological polar surface area (TPSA) is 142 Å². The maximum Gasteiger partial charge on any atom is 0.334 e. The Balaban J connectivity index is 0.000000756. The van der Waals surface area contributed by atoms with E-state index in [-0.39, 0.29) is 35.5 Å². The monoisotopic (exact) mass is 742 g/mol. The molecule has 0 unspecified atom stereocenters. The number of ether oxygens (including phenoxy) is 6. The molecule has 0 aliphatic carbocycles. The molecule has 0 N–H and O–H groups in total. The summed E-state index contributed by atoms with van der Waals surface area (Å²) in [7, 11) is -3.12. The van der Waals surface area contributed by atoms with E-state index in [9.17, 15) is 18.9 Å². The summed E-state index contributed by atoms with van der Waals surface area (Å²) in [6.07, 6.45) is 10.6. The summed E-state index contributed by atoms with van der Waals surface area (Å²) in [5.74, 6) is -0.698. The molecule has 0 aromatic carbocycles. The largest absolute Gasteiger partial charge is 0.463 e. The van der Waals surface area contributed by atoms with Crippen molar-refractivity contribution in [2.75, 3.05) is 59.0 Å². The fraction of sp³-hybridized carbons (Fsp3) is 0.658. The number of allylic oxidation sites excluding steroid dienone is 6. The maximum atomic E-state index is 12.1. The second kappa shape index (κ2) is 25.3. The van der Waals surface area contributed by atoms with Crippen LogP contribution in [0.3, 0.4) is 0 Å². The van der Waals surface area contributed by atoms with Gasteiger partial charge in [-0.2, -0.15) is 0 Å². The lowest BCUT2D eigenvalue weighted by Gasteiger charge is -2.34. The van der Waals surface area contributed by atoms with Gasteiger partial charge in [-0.1, -0.05) is 58.1 Å². The van der Waals surface area contributed by atoms with E-state index in [4.69, 9.17) is 37.5 Å². The van der Waals surface area contributed by atoms with Crippen molar-refractivity contribution in [1.29, 1.82) is 0 Å². The first kappa shape index (κ1) is 48.3. The zero-order valence-corrected chi connectivity index (χ0v) is 33.8. The van der Waals surface area contributed by atoms with Gasteiger partial charge < -0.3 is 37.5 Å². The Morgan fingerprint density at radius 2 is 1.04 bits per heavy atom. The molecule has 0 atom stereocenters. The van der Waals surface area contributed by atoms with Crippen molar-refractivity contribution in [3.63, 3.8) is 0 Å². The molecule has 0 bridgehead atoms. The van der Waals surface area contributed by atoms with Crippen LogP contribution in [0.15, 0.2) is 58.7 Å². The number of rotatable bonds is 15. The number of hydrogen-bond donors (Lipinski definition) is 0. The molecule has 2 fully saturated rings. The highest BCUT2D eigenvalue weighted by atomic mass is 31.2. The van der Waals surface area contributed by atoms with E-state index in [2.05, 4.69) is 27.7 Å². The van der Waals surface area contributed by atoms with Crippen molar-refractivity contribution in [3.05, 3.63) is 58.7 Å². The van der Waals surface area contributed by atoms with Crippen molar-refractivity contribution in [3.8, 4) is 0 Å². The normalized spacial score (nSPS) is 19.0. The van der Waals surface area contributed by atoms with Crippen molar-refractivity contribution < 1.29 is 56.4 Å². The minimum absolute atomic E-state index is 0.0755. The molecule has 0 amide bonds. The zero-order chi connectivity index (χ0) is 39.1. The fourth-order valence-electron chi connectivity index (χ4n) is 4.01. The van der Waals surface area contributed by atoms with Crippen molar-refractivity contribution in [2.45, 2.75) is 95.7 Å². The van der Waals surface area contributed by atoms with Crippen LogP contribution >= 0.6 is 7.60 Å². The summed E-state index contributed by atoms with van der Waals surface area (Å²) in [6.45, 7) is 26.6. The van der Waals surface area contributed by atoms with Crippen LogP contribution in [0, 0.1) is 10.8 Å². The average Bonchev–Trinajstić information content (AvgIpc) is 3.06. The Hall–Kier alpha value is -2.70. The van der Waals surface area contributed by atoms with Gasteiger partial charge in [0.05, 0.1) is 59.0 Å². The molecule has 0 spiro atoms. The van der Waals surface area contributed by atoms with E-state index in [1.165, 1.54) is 12.2 Å². The molecular formula is C38H63O12P. The van der Waals surface area contributed by atoms with Crippen LogP contribution in [0.2, 0.25) is 0 Å². The minimum atomic E-state index is -3.12. The van der Waals surface area contributed by atoms with E-state index in [0.717, 1.165) is 17.4 Å². The predicted molar refractivity (Wildman–Crippen MR) is 198 cm³/mol. The predicted octanol–water partition coefficient (Wildman–Crippen LogP) is 7.69. The third-order valence-corrected chi connectivity index (χ3v) is 8.79. The van der Waals surface area contributed by atoms with Gasteiger partial charge in [-0.25, -0.2) is 9.59 Å². The molecular weight excluding hydrogens is 679 g/mol. The van der Waals surface area contributed by atoms with Crippen LogP contribution in [0.1, 0.15) is 83.1 Å². The Kier molecular flexibility index (Phi) is 24.0. The van der Waals surface area contributed by atoms with E-state index >= 15 is 0 Å². The van der Waals surface area contributed by atoms with Gasteiger partial charge in [0.1, 0.15) is 6.29 Å². The second-order valence-electron chi connectivity index (χ2n) is 13.4. The van der Waals surface area contributed by atoms with Gasteiger partial charge in [0.2, 0.25) is 0 Å². The van der Waals surface area contributed by atoms with E-state index in [0.29, 0.717) is 64.0 Å². The van der Waals surface area contributed by atoms with Gasteiger partial charge in [0.15, 0.2) is 12.6 Å². The highest BCUT2D eigenvalue weighted by Crippen LogP contribution is 2.48. The van der Waals surface area contributed by atoms with Gasteiger partial charge in [-0.05, 0) is 72.6 Å². The molecule has 12 nitrogen and oxygen atoms in total. The fourth-order valence-corrected chi connectivity index (χ4v) is 5.58. The van der Waals surface area contributed by atoms with Crippen LogP contribution < -0.4 is 0 Å². The van der Waals surface area contributed by atoms with E-state index in [1.54, 1.807) is 47.6 Å². The lowest BCUT2D eigenvalue weighted by atomic mass is 9.95.